The van der Waals surface area contributed by atoms with Crippen molar-refractivity contribution in [3.63, 3.8) is 0 Å². The number of rotatable bonds is 10. The number of hydrogen-bond acceptors (Lipinski definition) is 8. The van der Waals surface area contributed by atoms with Crippen LogP contribution in [0, 0.1) is 5.92 Å². The van der Waals surface area contributed by atoms with Crippen molar-refractivity contribution in [2.75, 3.05) is 32.2 Å². The zero-order valence-electron chi connectivity index (χ0n) is 21.6. The molecule has 13 heteroatoms. The van der Waals surface area contributed by atoms with E-state index in [1.165, 1.54) is 20.4 Å². The molecule has 1 aliphatic rings. The Hall–Kier alpha value is -2.96. The number of nitrogens with zero attached hydrogens (tertiary/aromatic N) is 5. The van der Waals surface area contributed by atoms with Crippen LogP contribution in [0.3, 0.4) is 0 Å². The Kier molecular flexibility index (Phi) is 9.68. The summed E-state index contributed by atoms with van der Waals surface area (Å²) in [5.74, 6) is 1.01. The summed E-state index contributed by atoms with van der Waals surface area (Å²) in [6.45, 7) is 9.55. The molecule has 2 aromatic rings. The van der Waals surface area contributed by atoms with E-state index in [9.17, 15) is 8.42 Å². The van der Waals surface area contributed by atoms with Crippen LogP contribution in [0.5, 0.6) is 11.5 Å². The number of hydrogen-bond donors (Lipinski definition) is 1. The molecular weight excluding hydrogens is 520 g/mol. The Bertz CT molecular complexity index is 1240. The van der Waals surface area contributed by atoms with Crippen LogP contribution < -0.4 is 14.2 Å². The summed E-state index contributed by atoms with van der Waals surface area (Å²) in [6.07, 6.45) is 3.06. The Morgan fingerprint density at radius 3 is 2.51 bits per heavy atom. The van der Waals surface area contributed by atoms with Gasteiger partial charge in [-0.2, -0.15) is 0 Å². The third kappa shape index (κ3) is 6.49. The zero-order chi connectivity index (χ0) is 27.2. The van der Waals surface area contributed by atoms with E-state index in [1.54, 1.807) is 43.5 Å². The third-order valence-electron chi connectivity index (χ3n) is 6.21. The van der Waals surface area contributed by atoms with Crippen molar-refractivity contribution in [2.45, 2.75) is 44.8 Å². The van der Waals surface area contributed by atoms with Crippen LogP contribution in [-0.2, 0) is 14.8 Å². The van der Waals surface area contributed by atoms with Crippen molar-refractivity contribution < 1.29 is 22.6 Å². The van der Waals surface area contributed by atoms with Crippen molar-refractivity contribution in [1.29, 1.82) is 0 Å². The zero-order valence-corrected chi connectivity index (χ0v) is 23.2. The van der Waals surface area contributed by atoms with Crippen molar-refractivity contribution in [1.82, 2.24) is 14.8 Å². The number of allylic oxidation sites excluding steroid dienone is 1. The predicted octanol–water partition coefficient (Wildman–Crippen LogP) is 4.14. The quantitative estimate of drug-likeness (QED) is 0.346. The van der Waals surface area contributed by atoms with E-state index in [0.29, 0.717) is 41.3 Å². The minimum absolute atomic E-state index is 0.00368. The summed E-state index contributed by atoms with van der Waals surface area (Å²) < 4.78 is 48.2. The second-order valence-corrected chi connectivity index (χ2v) is 11.3. The molecule has 0 amide bonds. The van der Waals surface area contributed by atoms with Gasteiger partial charge in [-0.3, -0.25) is 9.29 Å². The van der Waals surface area contributed by atoms with Crippen LogP contribution in [0.15, 0.2) is 39.4 Å². The van der Waals surface area contributed by atoms with E-state index in [-0.39, 0.29) is 17.7 Å². The summed E-state index contributed by atoms with van der Waals surface area (Å²) in [4.78, 5) is 8.08. The molecule has 3 rings (SSSR count). The number of benzene rings is 1. The van der Waals surface area contributed by atoms with Gasteiger partial charge in [0.25, 0.3) is 0 Å². The van der Waals surface area contributed by atoms with Gasteiger partial charge < -0.3 is 14.2 Å². The Balaban J connectivity index is 2.09. The molecule has 3 atom stereocenters. The number of para-hydroxylation sites is 1. The Morgan fingerprint density at radius 1 is 1.30 bits per heavy atom. The molecule has 37 heavy (non-hydrogen) atoms. The van der Waals surface area contributed by atoms with Crippen LogP contribution in [0.4, 0.5) is 5.95 Å². The molecule has 11 nitrogen and oxygen atoms in total. The molecule has 2 heterocycles. The lowest BCUT2D eigenvalue weighted by atomic mass is 10.0. The van der Waals surface area contributed by atoms with E-state index in [2.05, 4.69) is 31.6 Å². The van der Waals surface area contributed by atoms with Crippen molar-refractivity contribution in [3.8, 4) is 17.2 Å². The van der Waals surface area contributed by atoms with Gasteiger partial charge in [-0.05, 0) is 45.5 Å². The average molecular weight is 553 g/mol. The number of sulfonamides is 1. The maximum Gasteiger partial charge on any atom is 0.243 e. The highest BCUT2D eigenvalue weighted by molar-refractivity contribution is 7.93. The number of aromatic nitrogens is 3. The molecule has 1 aromatic carbocycles. The van der Waals surface area contributed by atoms with E-state index in [1.807, 2.05) is 0 Å². The maximum absolute atomic E-state index is 13.5. The number of amidine groups is 1. The summed E-state index contributed by atoms with van der Waals surface area (Å²) in [5, 5.41) is 8.09. The molecule has 0 aliphatic carbocycles. The van der Waals surface area contributed by atoms with Crippen LogP contribution in [0.2, 0.25) is 0 Å². The summed E-state index contributed by atoms with van der Waals surface area (Å²) in [6, 6.07) is 5.29. The molecule has 1 aromatic heterocycles. The molecule has 1 aliphatic heterocycles. The van der Waals surface area contributed by atoms with E-state index in [4.69, 9.17) is 25.8 Å². The molecule has 0 saturated carbocycles. The molecule has 0 unspecified atom stereocenters. The van der Waals surface area contributed by atoms with Gasteiger partial charge in [0.2, 0.25) is 16.0 Å². The van der Waals surface area contributed by atoms with Gasteiger partial charge in [-0.1, -0.05) is 24.6 Å². The number of halogens is 1. The highest BCUT2D eigenvalue weighted by Crippen LogP contribution is 2.38. The van der Waals surface area contributed by atoms with Gasteiger partial charge in [0.05, 0.1) is 26.1 Å². The van der Waals surface area contributed by atoms with Gasteiger partial charge >= 0.3 is 0 Å². The summed E-state index contributed by atoms with van der Waals surface area (Å²) in [7, 11) is -0.947. The Labute approximate surface area is 222 Å². The minimum Gasteiger partial charge on any atom is -0.494 e. The minimum atomic E-state index is -4.00. The molecule has 0 spiro atoms. The molecule has 0 radical (unpaired) electrons. The fourth-order valence-electron chi connectivity index (χ4n) is 4.00. The standard InChI is InChI=1S/C24H33ClN6O5S/c1-15(25)13-27-22(26-4)16(2)17(3)37(32,33)30-24-29-28-23(18-9-8-12-36-14-18)31(24)21-19(34-5)10-7-11-20(21)35-6/h7,10-11,13,16-18H,4,8-9,12,14H2,1-3,5-6H3,(H,29,30)/b15-13+,27-22?/t16-,17-,18-/m0/s1. The van der Waals surface area contributed by atoms with Crippen molar-refractivity contribution >= 4 is 40.1 Å². The van der Waals surface area contributed by atoms with Crippen molar-refractivity contribution in [3.05, 3.63) is 35.3 Å². The third-order valence-corrected chi connectivity index (χ3v) is 8.16. The fraction of sp³-hybridized carbons (Fsp3) is 0.500. The second-order valence-electron chi connectivity index (χ2n) is 8.64. The average Bonchev–Trinajstić information content (AvgIpc) is 3.30. The predicted molar refractivity (Wildman–Crippen MR) is 145 cm³/mol. The largest absolute Gasteiger partial charge is 0.494 e. The van der Waals surface area contributed by atoms with Crippen LogP contribution in [-0.4, -0.2) is 68.4 Å². The number of methoxy groups -OCH3 is 2. The van der Waals surface area contributed by atoms with E-state index in [0.717, 1.165) is 12.8 Å². The highest BCUT2D eigenvalue weighted by Gasteiger charge is 2.34. The highest BCUT2D eigenvalue weighted by atomic mass is 35.5. The maximum atomic E-state index is 13.5. The topological polar surface area (TPSA) is 129 Å². The lowest BCUT2D eigenvalue weighted by Gasteiger charge is -2.24. The smallest absolute Gasteiger partial charge is 0.243 e. The first-order valence-electron chi connectivity index (χ1n) is 11.8. The molecule has 0 bridgehead atoms. The fourth-order valence-corrected chi connectivity index (χ4v) is 5.28. The van der Waals surface area contributed by atoms with Crippen LogP contribution in [0.25, 0.3) is 5.69 Å². The molecule has 1 N–H and O–H groups in total. The molecule has 1 saturated heterocycles. The number of aliphatic imine (C=N–C) groups is 2. The summed E-state index contributed by atoms with van der Waals surface area (Å²) >= 11 is 5.87. The monoisotopic (exact) mass is 552 g/mol. The number of ether oxygens (including phenoxy) is 3. The van der Waals surface area contributed by atoms with Gasteiger partial charge in [0.1, 0.15) is 28.8 Å². The van der Waals surface area contributed by atoms with Gasteiger partial charge in [0.15, 0.2) is 0 Å². The van der Waals surface area contributed by atoms with Gasteiger partial charge in [0, 0.05) is 29.7 Å². The first-order valence-corrected chi connectivity index (χ1v) is 13.7. The first kappa shape index (κ1) is 28.6. The summed E-state index contributed by atoms with van der Waals surface area (Å²) in [5.41, 5.74) is 0.481. The number of anilines is 1. The van der Waals surface area contributed by atoms with Gasteiger partial charge in [-0.25, -0.2) is 18.4 Å². The van der Waals surface area contributed by atoms with Crippen molar-refractivity contribution in [2.24, 2.45) is 15.9 Å². The molecular formula is C24H33ClN6O5S. The van der Waals surface area contributed by atoms with Gasteiger partial charge in [-0.15, -0.1) is 10.2 Å². The lowest BCUT2D eigenvalue weighted by Crippen LogP contribution is -2.35. The SMILES string of the molecule is C=NC(=N/C=C(\C)Cl)[C@@H](C)[C@H](C)S(=O)(=O)Nc1nnc([C@H]2CCCOC2)n1-c1c(OC)cccc1OC. The lowest BCUT2D eigenvalue weighted by molar-refractivity contribution is 0.0775. The van der Waals surface area contributed by atoms with Crippen LogP contribution in [0.1, 0.15) is 45.4 Å². The van der Waals surface area contributed by atoms with Crippen LogP contribution >= 0.6 is 11.6 Å². The second kappa shape index (κ2) is 12.5. The Morgan fingerprint density at radius 2 is 1.97 bits per heavy atom. The molecule has 202 valence electrons. The van der Waals surface area contributed by atoms with E-state index < -0.39 is 21.2 Å². The molecule has 1 fully saturated rings. The number of nitrogens with one attached hydrogen (secondary N) is 1. The normalized spacial score (nSPS) is 18.7. The van der Waals surface area contributed by atoms with E-state index >= 15 is 0 Å². The first-order chi connectivity index (χ1) is 17.6.